The van der Waals surface area contributed by atoms with Crippen LogP contribution in [0.25, 0.3) is 0 Å². The summed E-state index contributed by atoms with van der Waals surface area (Å²) in [5.74, 6) is -0.863. The zero-order valence-corrected chi connectivity index (χ0v) is 19.6. The van der Waals surface area contributed by atoms with Gasteiger partial charge in [-0.2, -0.15) is 0 Å². The van der Waals surface area contributed by atoms with Crippen molar-refractivity contribution in [2.45, 2.75) is 65.3 Å². The minimum Gasteiger partial charge on any atom is -0.480 e. The molecular weight excluding hydrogens is 380 g/mol. The summed E-state index contributed by atoms with van der Waals surface area (Å²) in [6, 6.07) is 0. The van der Waals surface area contributed by atoms with E-state index in [1.807, 2.05) is 38.4 Å². The number of carboxylic acid groups (broad SMARTS) is 1. The zero-order valence-electron chi connectivity index (χ0n) is 19.6. The topological polar surface area (TPSA) is 111 Å². The molecule has 0 bridgehead atoms. The quantitative estimate of drug-likeness (QED) is 0.254. The van der Waals surface area contributed by atoms with Gasteiger partial charge < -0.3 is 21.4 Å². The molecule has 0 amide bonds. The first-order valence-corrected chi connectivity index (χ1v) is 11.1. The van der Waals surface area contributed by atoms with Crippen molar-refractivity contribution in [3.8, 4) is 0 Å². The van der Waals surface area contributed by atoms with E-state index < -0.39 is 11.5 Å². The molecule has 0 saturated carbocycles. The van der Waals surface area contributed by atoms with Crippen LogP contribution < -0.4 is 16.5 Å². The summed E-state index contributed by atoms with van der Waals surface area (Å²) in [5.41, 5.74) is 8.09. The highest BCUT2D eigenvalue weighted by atomic mass is 16.5. The van der Waals surface area contributed by atoms with E-state index in [1.165, 1.54) is 5.57 Å². The van der Waals surface area contributed by atoms with E-state index in [9.17, 15) is 4.79 Å². The van der Waals surface area contributed by atoms with Gasteiger partial charge in [0.2, 0.25) is 0 Å². The van der Waals surface area contributed by atoms with Gasteiger partial charge in [0.1, 0.15) is 5.54 Å². The van der Waals surface area contributed by atoms with Gasteiger partial charge in [0.05, 0.1) is 0 Å². The Labute approximate surface area is 184 Å². The Hall–Kier alpha value is -1.51. The highest BCUT2D eigenvalue weighted by Crippen LogP contribution is 2.17. The minimum absolute atomic E-state index is 0.572. The molecule has 1 unspecified atom stereocenters. The Morgan fingerprint density at radius 3 is 2.23 bits per heavy atom. The van der Waals surface area contributed by atoms with E-state index in [0.717, 1.165) is 52.0 Å². The smallest absolute Gasteiger partial charge is 0.323 e. The SMILES string of the molecule is C=C/C=C\C=C(/C)CN1CCNCC1.CCCCC(N)(CCC)C(=O)O.CCNO. The summed E-state index contributed by atoms with van der Waals surface area (Å²) in [6.45, 7) is 17.9. The van der Waals surface area contributed by atoms with E-state index in [2.05, 4.69) is 29.8 Å². The molecule has 0 aromatic rings. The molecule has 176 valence electrons. The average molecular weight is 427 g/mol. The lowest BCUT2D eigenvalue weighted by Gasteiger charge is -2.27. The monoisotopic (exact) mass is 426 g/mol. The number of nitrogens with one attached hydrogen (secondary N) is 2. The first kappa shape index (κ1) is 30.7. The number of piperazine rings is 1. The zero-order chi connectivity index (χ0) is 23.3. The standard InChI is InChI=1S/C12H20N2.C9H19NO2.C2H7NO/c1-3-4-5-6-12(2)11-14-9-7-13-8-10-14;1-3-5-7-9(10,6-4-2)8(11)12;1-2-3-4/h3-6,13H,1,7-11H2,2H3;3-7,10H2,1-2H3,(H,11,12);3-4H,2H2,1H3/b5-4-,12-6+;;. The van der Waals surface area contributed by atoms with Crippen LogP contribution >= 0.6 is 0 Å². The molecule has 0 spiro atoms. The van der Waals surface area contributed by atoms with Crippen molar-refractivity contribution in [2.75, 3.05) is 39.3 Å². The van der Waals surface area contributed by atoms with Crippen molar-refractivity contribution in [2.24, 2.45) is 5.73 Å². The highest BCUT2D eigenvalue weighted by molar-refractivity contribution is 5.78. The molecule has 1 atom stereocenters. The molecule has 1 aliphatic heterocycles. The fraction of sp³-hybridized carbons (Fsp3) is 0.696. The van der Waals surface area contributed by atoms with Crippen molar-refractivity contribution >= 4 is 5.97 Å². The Morgan fingerprint density at radius 2 is 1.80 bits per heavy atom. The Kier molecular flexibility index (Phi) is 21.2. The van der Waals surface area contributed by atoms with E-state index >= 15 is 0 Å². The molecule has 1 saturated heterocycles. The van der Waals surface area contributed by atoms with Crippen molar-refractivity contribution in [1.29, 1.82) is 0 Å². The summed E-state index contributed by atoms with van der Waals surface area (Å²) in [4.78, 5) is 13.3. The molecule has 1 heterocycles. The number of carboxylic acids is 1. The van der Waals surface area contributed by atoms with Crippen LogP contribution in [0.2, 0.25) is 0 Å². The van der Waals surface area contributed by atoms with Gasteiger partial charge in [0, 0.05) is 39.3 Å². The lowest BCUT2D eigenvalue weighted by atomic mass is 9.89. The number of hydrogen-bond acceptors (Lipinski definition) is 6. The number of unbranched alkanes of at least 4 members (excludes halogenated alkanes) is 1. The van der Waals surface area contributed by atoms with Crippen LogP contribution in [0.15, 0.2) is 36.5 Å². The van der Waals surface area contributed by atoms with Crippen molar-refractivity contribution in [3.05, 3.63) is 36.5 Å². The van der Waals surface area contributed by atoms with Gasteiger partial charge in [-0.05, 0) is 19.8 Å². The Balaban J connectivity index is 0. The summed E-state index contributed by atoms with van der Waals surface area (Å²) in [5, 5.41) is 19.8. The van der Waals surface area contributed by atoms with E-state index in [1.54, 1.807) is 6.08 Å². The number of allylic oxidation sites excluding steroid dienone is 4. The molecule has 0 aliphatic carbocycles. The molecule has 7 heteroatoms. The largest absolute Gasteiger partial charge is 0.480 e. The molecule has 7 nitrogen and oxygen atoms in total. The number of nitrogens with zero attached hydrogens (tertiary/aromatic N) is 1. The van der Waals surface area contributed by atoms with Crippen LogP contribution in [-0.2, 0) is 4.79 Å². The summed E-state index contributed by atoms with van der Waals surface area (Å²) in [6.07, 6.45) is 11.8. The Morgan fingerprint density at radius 1 is 1.20 bits per heavy atom. The van der Waals surface area contributed by atoms with Crippen molar-refractivity contribution < 1.29 is 15.1 Å². The lowest BCUT2D eigenvalue weighted by molar-refractivity contribution is -0.144. The number of hydroxylamine groups is 1. The lowest BCUT2D eigenvalue weighted by Crippen LogP contribution is -2.47. The summed E-state index contributed by atoms with van der Waals surface area (Å²) >= 11 is 0. The van der Waals surface area contributed by atoms with Gasteiger partial charge in [0.15, 0.2) is 0 Å². The van der Waals surface area contributed by atoms with Crippen molar-refractivity contribution in [1.82, 2.24) is 15.7 Å². The number of rotatable bonds is 11. The van der Waals surface area contributed by atoms with Crippen molar-refractivity contribution in [3.63, 3.8) is 0 Å². The maximum Gasteiger partial charge on any atom is 0.323 e. The molecule has 1 rings (SSSR count). The first-order valence-electron chi connectivity index (χ1n) is 11.1. The summed E-state index contributed by atoms with van der Waals surface area (Å²) < 4.78 is 0. The van der Waals surface area contributed by atoms with E-state index in [-0.39, 0.29) is 0 Å². The van der Waals surface area contributed by atoms with Gasteiger partial charge in [-0.3, -0.25) is 9.69 Å². The third kappa shape index (κ3) is 17.4. The number of hydrogen-bond donors (Lipinski definition) is 5. The third-order valence-electron chi connectivity index (χ3n) is 4.57. The van der Waals surface area contributed by atoms with Crippen LogP contribution in [0, 0.1) is 0 Å². The number of aliphatic carboxylic acids is 1. The minimum atomic E-state index is -0.981. The predicted octanol–water partition coefficient (Wildman–Crippen LogP) is 3.32. The molecule has 6 N–H and O–H groups in total. The number of carbonyl (C=O) groups is 1. The van der Waals surface area contributed by atoms with Gasteiger partial charge >= 0.3 is 5.97 Å². The molecule has 0 radical (unpaired) electrons. The summed E-state index contributed by atoms with van der Waals surface area (Å²) in [7, 11) is 0. The van der Waals surface area contributed by atoms with Crippen LogP contribution in [0.3, 0.4) is 0 Å². The van der Waals surface area contributed by atoms with Gasteiger partial charge in [-0.15, -0.1) is 0 Å². The van der Waals surface area contributed by atoms with Gasteiger partial charge in [-0.25, -0.2) is 5.48 Å². The fourth-order valence-corrected chi connectivity index (χ4v) is 2.85. The third-order valence-corrected chi connectivity index (χ3v) is 4.57. The first-order chi connectivity index (χ1) is 14.3. The van der Waals surface area contributed by atoms with Crippen LogP contribution in [0.1, 0.15) is 59.8 Å². The predicted molar refractivity (Wildman–Crippen MR) is 127 cm³/mol. The van der Waals surface area contributed by atoms with Gasteiger partial charge in [-0.1, -0.05) is 76.5 Å². The maximum atomic E-state index is 10.8. The van der Waals surface area contributed by atoms with Gasteiger partial charge in [0.25, 0.3) is 0 Å². The second kappa shape index (κ2) is 20.8. The van der Waals surface area contributed by atoms with E-state index in [4.69, 9.17) is 16.0 Å². The molecule has 0 aromatic heterocycles. The molecule has 0 aromatic carbocycles. The van der Waals surface area contributed by atoms with Crippen LogP contribution in [0.5, 0.6) is 0 Å². The number of nitrogens with two attached hydrogens (primary N) is 1. The van der Waals surface area contributed by atoms with Crippen LogP contribution in [-0.4, -0.2) is 66.0 Å². The molecular formula is C23H46N4O3. The second-order valence-corrected chi connectivity index (χ2v) is 7.49. The highest BCUT2D eigenvalue weighted by Gasteiger charge is 2.31. The molecule has 30 heavy (non-hydrogen) atoms. The van der Waals surface area contributed by atoms with E-state index in [0.29, 0.717) is 19.4 Å². The Bertz CT molecular complexity index is 487. The molecule has 1 aliphatic rings. The average Bonchev–Trinajstić information content (AvgIpc) is 2.74. The second-order valence-electron chi connectivity index (χ2n) is 7.49. The fourth-order valence-electron chi connectivity index (χ4n) is 2.85. The maximum absolute atomic E-state index is 10.8. The van der Waals surface area contributed by atoms with Crippen LogP contribution in [0.4, 0.5) is 0 Å². The molecule has 1 fully saturated rings. The normalized spacial score (nSPS) is 16.7.